The van der Waals surface area contributed by atoms with Gasteiger partial charge in [0.2, 0.25) is 0 Å². The Morgan fingerprint density at radius 1 is 1.27 bits per heavy atom. The second-order valence-electron chi connectivity index (χ2n) is 5.03. The van der Waals surface area contributed by atoms with Crippen LogP contribution in [0.3, 0.4) is 0 Å². The van der Waals surface area contributed by atoms with Gasteiger partial charge in [0.05, 0.1) is 11.2 Å². The fourth-order valence-electron chi connectivity index (χ4n) is 2.36. The van der Waals surface area contributed by atoms with Gasteiger partial charge in [0.25, 0.3) is 5.91 Å². The van der Waals surface area contributed by atoms with Crippen molar-refractivity contribution >= 4 is 17.2 Å². The van der Waals surface area contributed by atoms with Crippen molar-refractivity contribution in [3.63, 3.8) is 0 Å². The normalized spacial score (nSPS) is 10.6. The first-order valence-electron chi connectivity index (χ1n) is 7.15. The maximum atomic E-state index is 12.2. The maximum Gasteiger partial charge on any atom is 0.251 e. The molecule has 0 saturated heterocycles. The lowest BCUT2D eigenvalue weighted by Crippen LogP contribution is -2.26. The number of thiophene rings is 1. The van der Waals surface area contributed by atoms with Gasteiger partial charge in [-0.05, 0) is 30.0 Å². The van der Waals surface area contributed by atoms with E-state index in [1.54, 1.807) is 17.7 Å². The van der Waals surface area contributed by atoms with Crippen LogP contribution in [-0.2, 0) is 6.42 Å². The molecule has 1 aromatic carbocycles. The van der Waals surface area contributed by atoms with E-state index in [0.29, 0.717) is 6.54 Å². The number of amides is 1. The summed E-state index contributed by atoms with van der Waals surface area (Å²) in [4.78, 5) is 20.8. The quantitative estimate of drug-likeness (QED) is 0.758. The van der Waals surface area contributed by atoms with E-state index in [2.05, 4.69) is 21.4 Å². The fourth-order valence-corrected chi connectivity index (χ4v) is 3.11. The summed E-state index contributed by atoms with van der Waals surface area (Å²) in [5, 5.41) is 5.00. The van der Waals surface area contributed by atoms with Crippen LogP contribution in [0.15, 0.2) is 48.1 Å². The van der Waals surface area contributed by atoms with Gasteiger partial charge in [0.15, 0.2) is 0 Å². The molecule has 0 radical (unpaired) electrons. The van der Waals surface area contributed by atoms with Crippen LogP contribution in [0, 0.1) is 6.92 Å². The van der Waals surface area contributed by atoms with Crippen molar-refractivity contribution in [2.45, 2.75) is 13.3 Å². The number of aromatic amines is 1. The summed E-state index contributed by atoms with van der Waals surface area (Å²) >= 11 is 1.66. The molecule has 2 aromatic heterocycles. The molecular formula is C17H17N3OS. The molecule has 0 bridgehead atoms. The summed E-state index contributed by atoms with van der Waals surface area (Å²) in [6.45, 7) is 2.52. The van der Waals surface area contributed by atoms with Gasteiger partial charge in [-0.2, -0.15) is 0 Å². The lowest BCUT2D eigenvalue weighted by molar-refractivity contribution is 0.0953. The first kappa shape index (κ1) is 14.5. The van der Waals surface area contributed by atoms with Crippen LogP contribution in [0.5, 0.6) is 0 Å². The Bertz CT molecular complexity index is 762. The van der Waals surface area contributed by atoms with Crippen molar-refractivity contribution in [3.8, 4) is 10.6 Å². The molecule has 112 valence electrons. The second kappa shape index (κ2) is 6.58. The van der Waals surface area contributed by atoms with Gasteiger partial charge in [-0.25, -0.2) is 4.98 Å². The zero-order chi connectivity index (χ0) is 15.4. The van der Waals surface area contributed by atoms with Crippen LogP contribution in [-0.4, -0.2) is 22.4 Å². The van der Waals surface area contributed by atoms with E-state index in [4.69, 9.17) is 0 Å². The monoisotopic (exact) mass is 311 g/mol. The average Bonchev–Trinajstić information content (AvgIpc) is 3.18. The number of hydrogen-bond donors (Lipinski definition) is 2. The van der Waals surface area contributed by atoms with E-state index in [1.807, 2.05) is 42.6 Å². The summed E-state index contributed by atoms with van der Waals surface area (Å²) < 4.78 is 0. The molecule has 2 N–H and O–H groups in total. The van der Waals surface area contributed by atoms with E-state index in [-0.39, 0.29) is 5.91 Å². The molecular weight excluding hydrogens is 294 g/mol. The number of carbonyl (C=O) groups is 1. The minimum absolute atomic E-state index is 0.0321. The third-order valence-corrected chi connectivity index (χ3v) is 4.40. The molecule has 0 atom stereocenters. The minimum atomic E-state index is -0.0321. The van der Waals surface area contributed by atoms with Gasteiger partial charge in [-0.3, -0.25) is 4.79 Å². The zero-order valence-electron chi connectivity index (χ0n) is 12.3. The lowest BCUT2D eigenvalue weighted by atomic mass is 10.1. The van der Waals surface area contributed by atoms with Crippen molar-refractivity contribution in [1.29, 1.82) is 0 Å². The third kappa shape index (κ3) is 3.09. The largest absolute Gasteiger partial charge is 0.352 e. The van der Waals surface area contributed by atoms with Crippen molar-refractivity contribution in [1.82, 2.24) is 15.3 Å². The fraction of sp³-hybridized carbons (Fsp3) is 0.176. The number of carbonyl (C=O) groups excluding carboxylic acids is 1. The molecule has 0 spiro atoms. The Morgan fingerprint density at radius 2 is 2.14 bits per heavy atom. The van der Waals surface area contributed by atoms with Gasteiger partial charge in [0, 0.05) is 24.2 Å². The van der Waals surface area contributed by atoms with Crippen molar-refractivity contribution in [2.24, 2.45) is 0 Å². The second-order valence-corrected chi connectivity index (χ2v) is 5.98. The lowest BCUT2D eigenvalue weighted by Gasteiger charge is -2.07. The molecule has 0 saturated carbocycles. The van der Waals surface area contributed by atoms with E-state index in [0.717, 1.165) is 33.8 Å². The zero-order valence-corrected chi connectivity index (χ0v) is 13.1. The van der Waals surface area contributed by atoms with Gasteiger partial charge in [-0.1, -0.05) is 24.3 Å². The van der Waals surface area contributed by atoms with Crippen molar-refractivity contribution in [3.05, 3.63) is 64.9 Å². The molecule has 3 aromatic rings. The summed E-state index contributed by atoms with van der Waals surface area (Å²) in [7, 11) is 0. The molecule has 5 heteroatoms. The summed E-state index contributed by atoms with van der Waals surface area (Å²) in [6.07, 6.45) is 2.43. The Kier molecular flexibility index (Phi) is 4.34. The topological polar surface area (TPSA) is 57.8 Å². The van der Waals surface area contributed by atoms with Crippen molar-refractivity contribution in [2.75, 3.05) is 6.54 Å². The van der Waals surface area contributed by atoms with E-state index in [1.165, 1.54) is 0 Å². The Balaban J connectivity index is 1.62. The summed E-state index contributed by atoms with van der Waals surface area (Å²) in [6, 6.07) is 11.7. The highest BCUT2D eigenvalue weighted by Crippen LogP contribution is 2.25. The van der Waals surface area contributed by atoms with Gasteiger partial charge in [-0.15, -0.1) is 11.3 Å². The molecule has 1 amide bonds. The van der Waals surface area contributed by atoms with E-state index in [9.17, 15) is 4.79 Å². The maximum absolute atomic E-state index is 12.2. The highest BCUT2D eigenvalue weighted by atomic mass is 32.1. The Labute approximate surface area is 133 Å². The Morgan fingerprint density at radius 3 is 2.91 bits per heavy atom. The van der Waals surface area contributed by atoms with Crippen LogP contribution in [0.25, 0.3) is 10.6 Å². The number of nitrogens with zero attached hydrogens (tertiary/aromatic N) is 1. The van der Waals surface area contributed by atoms with Crippen molar-refractivity contribution < 1.29 is 4.79 Å². The SMILES string of the molecule is Cc1ccccc1C(=O)NCCc1[nH]cnc1-c1cccs1. The van der Waals surface area contributed by atoms with Gasteiger partial charge in [0.1, 0.15) is 5.69 Å². The van der Waals surface area contributed by atoms with Crippen LogP contribution in [0.1, 0.15) is 21.6 Å². The molecule has 4 nitrogen and oxygen atoms in total. The van der Waals surface area contributed by atoms with Crippen LogP contribution in [0.4, 0.5) is 0 Å². The Hall–Kier alpha value is -2.40. The predicted octanol–water partition coefficient (Wildman–Crippen LogP) is 3.42. The number of aromatic nitrogens is 2. The number of imidazole rings is 1. The third-order valence-electron chi connectivity index (χ3n) is 3.52. The molecule has 2 heterocycles. The number of H-pyrrole nitrogens is 1. The van der Waals surface area contributed by atoms with E-state index >= 15 is 0 Å². The number of rotatable bonds is 5. The molecule has 0 fully saturated rings. The predicted molar refractivity (Wildman–Crippen MR) is 89.1 cm³/mol. The van der Waals surface area contributed by atoms with E-state index < -0.39 is 0 Å². The minimum Gasteiger partial charge on any atom is -0.352 e. The number of hydrogen-bond acceptors (Lipinski definition) is 3. The molecule has 0 aliphatic rings. The molecule has 22 heavy (non-hydrogen) atoms. The molecule has 0 unspecified atom stereocenters. The molecule has 3 rings (SSSR count). The smallest absolute Gasteiger partial charge is 0.251 e. The number of nitrogens with one attached hydrogen (secondary N) is 2. The van der Waals surface area contributed by atoms with Gasteiger partial charge >= 0.3 is 0 Å². The first-order chi connectivity index (χ1) is 10.8. The standard InChI is InChI=1S/C17H17N3OS/c1-12-5-2-3-6-13(12)17(21)18-9-8-14-16(20-11-19-14)15-7-4-10-22-15/h2-7,10-11H,8-9H2,1H3,(H,18,21)(H,19,20). The first-order valence-corrected chi connectivity index (χ1v) is 8.03. The summed E-state index contributed by atoms with van der Waals surface area (Å²) in [5.41, 5.74) is 3.74. The van der Waals surface area contributed by atoms with Crippen LogP contribution < -0.4 is 5.32 Å². The summed E-state index contributed by atoms with van der Waals surface area (Å²) in [5.74, 6) is -0.0321. The molecule has 0 aliphatic carbocycles. The highest BCUT2D eigenvalue weighted by Gasteiger charge is 2.11. The molecule has 0 aliphatic heterocycles. The van der Waals surface area contributed by atoms with Gasteiger partial charge < -0.3 is 10.3 Å². The van der Waals surface area contributed by atoms with Crippen LogP contribution in [0.2, 0.25) is 0 Å². The number of aryl methyl sites for hydroxylation is 1. The average molecular weight is 311 g/mol. The highest BCUT2D eigenvalue weighted by molar-refractivity contribution is 7.13. The number of benzene rings is 1. The van der Waals surface area contributed by atoms with Crippen LogP contribution >= 0.6 is 11.3 Å².